The number of fused-ring (bicyclic) bond motifs is 1. The van der Waals surface area contributed by atoms with Gasteiger partial charge in [0.2, 0.25) is 0 Å². The van der Waals surface area contributed by atoms with Crippen LogP contribution < -0.4 is 15.5 Å². The second-order valence-electron chi connectivity index (χ2n) is 5.04. The zero-order valence-electron chi connectivity index (χ0n) is 12.3. The number of anilines is 1. The number of rotatable bonds is 4. The molecule has 0 aliphatic heterocycles. The Labute approximate surface area is 137 Å². The van der Waals surface area contributed by atoms with Crippen molar-refractivity contribution in [3.63, 3.8) is 0 Å². The van der Waals surface area contributed by atoms with Crippen LogP contribution in [0.25, 0.3) is 10.8 Å². The number of benzene rings is 3. The van der Waals surface area contributed by atoms with Gasteiger partial charge in [-0.25, -0.2) is 8.42 Å². The molecule has 5 N–H and O–H groups in total. The Hall–Kier alpha value is -2.97. The van der Waals surface area contributed by atoms with E-state index in [0.29, 0.717) is 10.8 Å². The first-order chi connectivity index (χ1) is 11.4. The van der Waals surface area contributed by atoms with Crippen LogP contribution in [0.4, 0.5) is 5.69 Å². The van der Waals surface area contributed by atoms with Crippen molar-refractivity contribution in [1.82, 2.24) is 0 Å². The highest BCUT2D eigenvalue weighted by Crippen LogP contribution is 2.39. The molecule has 24 heavy (non-hydrogen) atoms. The summed E-state index contributed by atoms with van der Waals surface area (Å²) in [7, 11) is -3.95. The van der Waals surface area contributed by atoms with Gasteiger partial charge in [0.1, 0.15) is 5.75 Å². The summed E-state index contributed by atoms with van der Waals surface area (Å²) in [5.41, 5.74) is 0.139. The number of nitrogens with two attached hydrogens (primary N) is 1. The minimum absolute atomic E-state index is 0.0536. The largest absolute Gasteiger partial charge is 0.504 e. The normalized spacial score (nSPS) is 11.4. The number of phenolic OH excluding ortho intramolecular Hbond substituents is 2. The molecular formula is C16H14N2O5S. The maximum Gasteiger partial charge on any atom is 0.262 e. The molecule has 0 aliphatic carbocycles. The van der Waals surface area contributed by atoms with Gasteiger partial charge in [-0.2, -0.15) is 5.90 Å². The Kier molecular flexibility index (Phi) is 3.92. The molecule has 0 aliphatic rings. The van der Waals surface area contributed by atoms with Gasteiger partial charge in [0.05, 0.1) is 10.6 Å². The van der Waals surface area contributed by atoms with Crippen LogP contribution in [-0.4, -0.2) is 18.6 Å². The van der Waals surface area contributed by atoms with Crippen molar-refractivity contribution in [3.05, 3.63) is 54.6 Å². The quantitative estimate of drug-likeness (QED) is 0.327. The highest BCUT2D eigenvalue weighted by molar-refractivity contribution is 7.92. The molecule has 3 aromatic rings. The van der Waals surface area contributed by atoms with Crippen molar-refractivity contribution in [2.45, 2.75) is 4.90 Å². The second-order valence-corrected chi connectivity index (χ2v) is 6.72. The van der Waals surface area contributed by atoms with Crippen LogP contribution in [0, 0.1) is 0 Å². The Morgan fingerprint density at radius 1 is 0.958 bits per heavy atom. The molecule has 0 spiro atoms. The fraction of sp³-hybridized carbons (Fsp3) is 0. The van der Waals surface area contributed by atoms with Crippen molar-refractivity contribution >= 4 is 26.5 Å². The molecule has 0 fully saturated rings. The third-order valence-corrected chi connectivity index (χ3v) is 4.86. The number of hydrogen-bond donors (Lipinski definition) is 4. The van der Waals surface area contributed by atoms with Gasteiger partial charge in [0, 0.05) is 22.9 Å². The minimum atomic E-state index is -3.95. The van der Waals surface area contributed by atoms with Crippen LogP contribution in [0.15, 0.2) is 59.5 Å². The standard InChI is InChI=1S/C16H14N2O5S/c17-23-10-4-3-5-11(8-10)24(21,22)18-14-9-15(19)16(20)13-7-2-1-6-12(13)14/h1-9,18-20H,17H2. The van der Waals surface area contributed by atoms with E-state index in [9.17, 15) is 18.6 Å². The molecule has 0 unspecified atom stereocenters. The predicted octanol–water partition coefficient (Wildman–Crippen LogP) is 2.30. The summed E-state index contributed by atoms with van der Waals surface area (Å²) in [6, 6.07) is 13.4. The lowest BCUT2D eigenvalue weighted by Crippen LogP contribution is -2.13. The number of aromatic hydroxyl groups is 2. The van der Waals surface area contributed by atoms with Gasteiger partial charge in [0.25, 0.3) is 10.0 Å². The Morgan fingerprint density at radius 3 is 2.38 bits per heavy atom. The van der Waals surface area contributed by atoms with Crippen LogP contribution in [0.1, 0.15) is 0 Å². The molecule has 0 saturated carbocycles. The maximum absolute atomic E-state index is 12.6. The molecule has 0 radical (unpaired) electrons. The molecule has 0 bridgehead atoms. The van der Waals surface area contributed by atoms with Gasteiger partial charge in [-0.1, -0.05) is 30.3 Å². The molecule has 0 aromatic heterocycles. The van der Waals surface area contributed by atoms with Crippen LogP contribution in [0.3, 0.4) is 0 Å². The third kappa shape index (κ3) is 2.80. The Balaban J connectivity index is 2.10. The van der Waals surface area contributed by atoms with E-state index in [-0.39, 0.29) is 22.1 Å². The zero-order valence-corrected chi connectivity index (χ0v) is 13.1. The van der Waals surface area contributed by atoms with Crippen LogP contribution in [0.5, 0.6) is 17.2 Å². The summed E-state index contributed by atoms with van der Waals surface area (Å²) in [6.45, 7) is 0. The SMILES string of the molecule is NOc1cccc(S(=O)(=O)Nc2cc(O)c(O)c3ccccc23)c1. The van der Waals surface area contributed by atoms with Crippen molar-refractivity contribution < 1.29 is 23.5 Å². The van der Waals surface area contributed by atoms with Gasteiger partial charge in [-0.3, -0.25) is 4.72 Å². The van der Waals surface area contributed by atoms with Crippen LogP contribution in [0.2, 0.25) is 0 Å². The summed E-state index contributed by atoms with van der Waals surface area (Å²) < 4.78 is 27.5. The average molecular weight is 346 g/mol. The van der Waals surface area contributed by atoms with Crippen LogP contribution >= 0.6 is 0 Å². The highest BCUT2D eigenvalue weighted by Gasteiger charge is 2.18. The van der Waals surface area contributed by atoms with Crippen molar-refractivity contribution in [3.8, 4) is 17.2 Å². The highest BCUT2D eigenvalue weighted by atomic mass is 32.2. The minimum Gasteiger partial charge on any atom is -0.504 e. The first-order valence-corrected chi connectivity index (χ1v) is 8.34. The number of phenols is 2. The molecule has 7 nitrogen and oxygen atoms in total. The van der Waals surface area contributed by atoms with E-state index in [2.05, 4.69) is 9.56 Å². The van der Waals surface area contributed by atoms with Crippen molar-refractivity contribution in [1.29, 1.82) is 0 Å². The fourth-order valence-electron chi connectivity index (χ4n) is 2.35. The average Bonchev–Trinajstić information content (AvgIpc) is 2.59. The van der Waals surface area contributed by atoms with Crippen LogP contribution in [-0.2, 0) is 10.0 Å². The van der Waals surface area contributed by atoms with Gasteiger partial charge >= 0.3 is 0 Å². The molecule has 124 valence electrons. The molecule has 0 heterocycles. The number of nitrogens with one attached hydrogen (secondary N) is 1. The lowest BCUT2D eigenvalue weighted by Gasteiger charge is -2.13. The molecule has 0 amide bonds. The fourth-order valence-corrected chi connectivity index (χ4v) is 3.45. The molecular weight excluding hydrogens is 332 g/mol. The van der Waals surface area contributed by atoms with E-state index >= 15 is 0 Å². The Bertz CT molecular complexity index is 1020. The summed E-state index contributed by atoms with van der Waals surface area (Å²) in [5.74, 6) is 4.50. The summed E-state index contributed by atoms with van der Waals surface area (Å²) >= 11 is 0. The van der Waals surface area contributed by atoms with E-state index in [4.69, 9.17) is 5.90 Å². The first-order valence-electron chi connectivity index (χ1n) is 6.85. The van der Waals surface area contributed by atoms with Gasteiger partial charge in [0.15, 0.2) is 11.5 Å². The molecule has 8 heteroatoms. The topological polar surface area (TPSA) is 122 Å². The van der Waals surface area contributed by atoms with Gasteiger partial charge < -0.3 is 15.1 Å². The Morgan fingerprint density at radius 2 is 1.67 bits per heavy atom. The summed E-state index contributed by atoms with van der Waals surface area (Å²) in [4.78, 5) is 4.49. The monoisotopic (exact) mass is 346 g/mol. The van der Waals surface area contributed by atoms with Gasteiger partial charge in [-0.05, 0) is 12.1 Å². The smallest absolute Gasteiger partial charge is 0.262 e. The number of sulfonamides is 1. The molecule has 3 rings (SSSR count). The number of hydrogen-bond acceptors (Lipinski definition) is 6. The first kappa shape index (κ1) is 15.9. The molecule has 3 aromatic carbocycles. The third-order valence-electron chi connectivity index (χ3n) is 3.49. The van der Waals surface area contributed by atoms with E-state index in [1.807, 2.05) is 0 Å². The molecule has 0 saturated heterocycles. The van der Waals surface area contributed by atoms with E-state index in [1.165, 1.54) is 24.3 Å². The lowest BCUT2D eigenvalue weighted by molar-refractivity contribution is 0.333. The van der Waals surface area contributed by atoms with Crippen molar-refractivity contribution in [2.24, 2.45) is 5.90 Å². The molecule has 0 atom stereocenters. The van der Waals surface area contributed by atoms with E-state index in [1.54, 1.807) is 24.3 Å². The summed E-state index contributed by atoms with van der Waals surface area (Å²) in [6.07, 6.45) is 0. The van der Waals surface area contributed by atoms with E-state index < -0.39 is 15.8 Å². The maximum atomic E-state index is 12.6. The second kappa shape index (κ2) is 5.91. The van der Waals surface area contributed by atoms with E-state index in [0.717, 1.165) is 6.07 Å². The predicted molar refractivity (Wildman–Crippen MR) is 89.3 cm³/mol. The van der Waals surface area contributed by atoms with Gasteiger partial charge in [-0.15, -0.1) is 0 Å². The summed E-state index contributed by atoms with van der Waals surface area (Å²) in [5, 5.41) is 20.5. The lowest BCUT2D eigenvalue weighted by atomic mass is 10.1. The van der Waals surface area contributed by atoms with Crippen molar-refractivity contribution in [2.75, 3.05) is 4.72 Å². The zero-order chi connectivity index (χ0) is 17.3.